The highest BCUT2D eigenvalue weighted by Gasteiger charge is 2.30. The third-order valence-electron chi connectivity index (χ3n) is 11.1. The molecule has 3 aliphatic rings. The monoisotopic (exact) mass is 631 g/mol. The molecule has 2 nitrogen and oxygen atoms in total. The molecule has 0 radical (unpaired) electrons. The number of hydrogen-bond donors (Lipinski definition) is 0. The van der Waals surface area contributed by atoms with Crippen molar-refractivity contribution < 1.29 is 4.74 Å². The predicted octanol–water partition coefficient (Wildman–Crippen LogP) is 12.4. The van der Waals surface area contributed by atoms with Gasteiger partial charge in [-0.3, -0.25) is 4.90 Å². The number of hydrogen-bond acceptors (Lipinski definition) is 3. The molecule has 0 spiro atoms. The van der Waals surface area contributed by atoms with Crippen molar-refractivity contribution in [1.29, 1.82) is 0 Å². The Morgan fingerprint density at radius 3 is 2.47 bits per heavy atom. The first-order chi connectivity index (χ1) is 22.2. The van der Waals surface area contributed by atoms with Crippen molar-refractivity contribution in [1.82, 2.24) is 4.90 Å². The van der Waals surface area contributed by atoms with Gasteiger partial charge in [0, 0.05) is 29.0 Å². The second-order valence-electron chi connectivity index (χ2n) is 14.3. The van der Waals surface area contributed by atoms with Crippen LogP contribution in [0, 0.1) is 11.8 Å². The van der Waals surface area contributed by atoms with Gasteiger partial charge in [-0.1, -0.05) is 95.8 Å². The highest BCUT2D eigenvalue weighted by Crippen LogP contribution is 2.41. The normalized spacial score (nSPS) is 21.5. The highest BCUT2D eigenvalue weighted by molar-refractivity contribution is 7.13. The van der Waals surface area contributed by atoms with E-state index >= 15 is 0 Å². The zero-order valence-electron chi connectivity index (χ0n) is 29.2. The van der Waals surface area contributed by atoms with Gasteiger partial charge in [-0.25, -0.2) is 0 Å². The second-order valence-corrected chi connectivity index (χ2v) is 15.4. The van der Waals surface area contributed by atoms with Crippen molar-refractivity contribution in [3.63, 3.8) is 0 Å². The zero-order valence-corrected chi connectivity index (χ0v) is 30.0. The van der Waals surface area contributed by atoms with E-state index in [1.807, 2.05) is 0 Å². The zero-order chi connectivity index (χ0) is 31.7. The van der Waals surface area contributed by atoms with Crippen LogP contribution in [0.1, 0.15) is 158 Å². The summed E-state index contributed by atoms with van der Waals surface area (Å²) in [6.07, 6.45) is 28.1. The van der Waals surface area contributed by atoms with Crippen LogP contribution >= 0.6 is 11.3 Å². The van der Waals surface area contributed by atoms with Crippen LogP contribution in [0.25, 0.3) is 5.57 Å². The van der Waals surface area contributed by atoms with Crippen LogP contribution in [0.4, 0.5) is 0 Å². The highest BCUT2D eigenvalue weighted by atomic mass is 32.1. The van der Waals surface area contributed by atoms with Crippen molar-refractivity contribution in [2.24, 2.45) is 11.8 Å². The quantitative estimate of drug-likeness (QED) is 0.0908. The van der Waals surface area contributed by atoms with Crippen molar-refractivity contribution in [2.45, 2.75) is 154 Å². The summed E-state index contributed by atoms with van der Waals surface area (Å²) in [5, 5.41) is 0. The maximum Gasteiger partial charge on any atom is 0.0468 e. The van der Waals surface area contributed by atoms with Crippen molar-refractivity contribution in [2.75, 3.05) is 26.3 Å². The lowest BCUT2D eigenvalue weighted by molar-refractivity contribution is 0.0626. The molecule has 3 fully saturated rings. The summed E-state index contributed by atoms with van der Waals surface area (Å²) in [6, 6.07) is 5.44. The fourth-order valence-electron chi connectivity index (χ4n) is 8.32. The SMILES string of the molecule is C=C=C=C(C[C@H](CCC1CCOCC1)c1ccc(/C(CCCCC)=C(/C=C)CCC)s1)[C@@H]1CCCCN1CCC1CCCCC1. The van der Waals surface area contributed by atoms with E-state index in [1.165, 1.54) is 145 Å². The van der Waals surface area contributed by atoms with E-state index in [0.29, 0.717) is 12.0 Å². The van der Waals surface area contributed by atoms with Crippen LogP contribution in [0.5, 0.6) is 0 Å². The third kappa shape index (κ3) is 11.6. The Kier molecular flexibility index (Phi) is 16.6. The summed E-state index contributed by atoms with van der Waals surface area (Å²) in [6.45, 7) is 17.3. The van der Waals surface area contributed by atoms with E-state index in [-0.39, 0.29) is 0 Å². The Hall–Kier alpha value is -1.60. The smallest absolute Gasteiger partial charge is 0.0468 e. The van der Waals surface area contributed by atoms with Crippen molar-refractivity contribution >= 4 is 16.9 Å². The molecular formula is C42H65NOS. The van der Waals surface area contributed by atoms with Gasteiger partial charge < -0.3 is 4.74 Å². The molecule has 1 aromatic heterocycles. The molecule has 0 unspecified atom stereocenters. The number of likely N-dealkylation sites (tertiary alicyclic amines) is 1. The molecule has 0 aromatic carbocycles. The Morgan fingerprint density at radius 1 is 0.956 bits per heavy atom. The standard InChI is InChI=1S/C42H65NOS/c1-5-9-11-20-39(36(8-4)16-6-2)42-25-24-41(45-42)38(23-22-35-27-31-44-32-28-35)33-37(17-7-3)40-21-14-15-29-43(40)30-26-34-18-12-10-13-19-34/h8,24-25,34-35,38,40H,3-6,9-16,18-23,26-33H2,1-2H3/b39-36-/t38-,40-/m0/s1. The van der Waals surface area contributed by atoms with Crippen molar-refractivity contribution in [3.05, 3.63) is 63.7 Å². The Balaban J connectivity index is 1.57. The number of unbranched alkanes of at least 4 members (excludes halogenated alkanes) is 2. The van der Waals surface area contributed by atoms with Crippen LogP contribution in [0.15, 0.2) is 54.0 Å². The summed E-state index contributed by atoms with van der Waals surface area (Å²) in [4.78, 5) is 5.89. The molecular weight excluding hydrogens is 567 g/mol. The molecule has 3 heterocycles. The van der Waals surface area contributed by atoms with E-state index in [0.717, 1.165) is 37.9 Å². The molecule has 45 heavy (non-hydrogen) atoms. The first-order valence-corrected chi connectivity index (χ1v) is 19.9. The molecule has 1 saturated carbocycles. The van der Waals surface area contributed by atoms with E-state index in [2.05, 4.69) is 72.9 Å². The van der Waals surface area contributed by atoms with Gasteiger partial charge in [-0.2, -0.15) is 0 Å². The van der Waals surface area contributed by atoms with Gasteiger partial charge in [-0.05, 0) is 137 Å². The molecule has 4 rings (SSSR count). The Labute approximate surface area is 281 Å². The van der Waals surface area contributed by atoms with Gasteiger partial charge in [0.2, 0.25) is 0 Å². The largest absolute Gasteiger partial charge is 0.381 e. The molecule has 0 amide bonds. The fourth-order valence-corrected chi connectivity index (χ4v) is 9.57. The minimum atomic E-state index is 0.503. The third-order valence-corrected chi connectivity index (χ3v) is 12.4. The van der Waals surface area contributed by atoms with Gasteiger partial charge in [0.25, 0.3) is 0 Å². The first kappa shape index (κ1) is 36.2. The number of allylic oxidation sites excluding steroid dienone is 3. The summed E-state index contributed by atoms with van der Waals surface area (Å²) in [5.74, 6) is 2.26. The number of piperidine rings is 1. The number of ether oxygens (including phenoxy) is 1. The lowest BCUT2D eigenvalue weighted by atomic mass is 9.83. The first-order valence-electron chi connectivity index (χ1n) is 19.1. The second kappa shape index (κ2) is 20.6. The molecule has 0 bridgehead atoms. The molecule has 250 valence electrons. The Bertz CT molecular complexity index is 1120. The van der Waals surface area contributed by atoms with E-state index in [1.54, 1.807) is 10.5 Å². The van der Waals surface area contributed by atoms with Crippen LogP contribution in [0.3, 0.4) is 0 Å². The van der Waals surface area contributed by atoms with Crippen LogP contribution in [-0.2, 0) is 4.74 Å². The number of rotatable bonds is 18. The maximum absolute atomic E-state index is 5.72. The lowest BCUT2D eigenvalue weighted by Crippen LogP contribution is -2.42. The molecule has 1 aromatic rings. The summed E-state index contributed by atoms with van der Waals surface area (Å²) >= 11 is 2.08. The summed E-state index contributed by atoms with van der Waals surface area (Å²) < 4.78 is 5.72. The topological polar surface area (TPSA) is 12.5 Å². The van der Waals surface area contributed by atoms with Gasteiger partial charge >= 0.3 is 0 Å². The van der Waals surface area contributed by atoms with E-state index in [4.69, 9.17) is 4.74 Å². The summed E-state index contributed by atoms with van der Waals surface area (Å²) in [5.41, 5.74) is 11.3. The van der Waals surface area contributed by atoms with Crippen molar-refractivity contribution in [3.8, 4) is 0 Å². The lowest BCUT2D eigenvalue weighted by Gasteiger charge is -2.38. The molecule has 2 atom stereocenters. The molecule has 2 aliphatic heterocycles. The van der Waals surface area contributed by atoms with Gasteiger partial charge in [0.1, 0.15) is 0 Å². The van der Waals surface area contributed by atoms with E-state index in [9.17, 15) is 0 Å². The molecule has 0 N–H and O–H groups in total. The molecule has 1 aliphatic carbocycles. The van der Waals surface area contributed by atoms with Gasteiger partial charge in [0.05, 0.1) is 0 Å². The number of thiophene rings is 1. The van der Waals surface area contributed by atoms with Gasteiger partial charge in [0.15, 0.2) is 0 Å². The predicted molar refractivity (Wildman–Crippen MR) is 197 cm³/mol. The maximum atomic E-state index is 5.72. The Morgan fingerprint density at radius 2 is 1.73 bits per heavy atom. The molecule has 2 saturated heterocycles. The minimum absolute atomic E-state index is 0.503. The van der Waals surface area contributed by atoms with E-state index < -0.39 is 0 Å². The summed E-state index contributed by atoms with van der Waals surface area (Å²) in [7, 11) is 0. The fraction of sp³-hybridized carbons (Fsp3) is 0.714. The van der Waals surface area contributed by atoms with Crippen LogP contribution in [-0.4, -0.2) is 37.2 Å². The molecule has 3 heteroatoms. The van der Waals surface area contributed by atoms with Gasteiger partial charge in [-0.15, -0.1) is 11.3 Å². The van der Waals surface area contributed by atoms with Crippen LogP contribution < -0.4 is 0 Å². The average Bonchev–Trinajstić information content (AvgIpc) is 3.57. The number of nitrogens with zero attached hydrogens (tertiary/aromatic N) is 1. The van der Waals surface area contributed by atoms with Crippen LogP contribution in [0.2, 0.25) is 0 Å². The average molecular weight is 632 g/mol. The minimum Gasteiger partial charge on any atom is -0.381 e.